The van der Waals surface area contributed by atoms with Crippen LogP contribution in [0.1, 0.15) is 48.9 Å². The Morgan fingerprint density at radius 2 is 1.74 bits per heavy atom. The fourth-order valence-electron chi connectivity index (χ4n) is 4.47. The lowest BCUT2D eigenvalue weighted by Crippen LogP contribution is -2.44. The van der Waals surface area contributed by atoms with E-state index in [4.69, 9.17) is 4.74 Å². The van der Waals surface area contributed by atoms with Gasteiger partial charge < -0.3 is 20.7 Å². The van der Waals surface area contributed by atoms with E-state index in [1.165, 1.54) is 12.0 Å². The molecule has 2 aromatic rings. The monoisotopic (exact) mass is 464 g/mol. The molecule has 3 N–H and O–H groups in total. The summed E-state index contributed by atoms with van der Waals surface area (Å²) in [7, 11) is 1.53. The van der Waals surface area contributed by atoms with Crippen molar-refractivity contribution in [3.8, 4) is 5.75 Å². The molecule has 2 fully saturated rings. The van der Waals surface area contributed by atoms with E-state index in [1.54, 1.807) is 42.5 Å². The van der Waals surface area contributed by atoms with Crippen LogP contribution in [0, 0.1) is 0 Å². The van der Waals surface area contributed by atoms with Gasteiger partial charge in [-0.3, -0.25) is 19.3 Å². The van der Waals surface area contributed by atoms with Crippen molar-refractivity contribution < 1.29 is 23.9 Å². The Morgan fingerprint density at radius 1 is 1.03 bits per heavy atom. The second-order valence-corrected chi connectivity index (χ2v) is 8.56. The van der Waals surface area contributed by atoms with Crippen molar-refractivity contribution in [1.82, 2.24) is 10.2 Å². The van der Waals surface area contributed by atoms with Crippen LogP contribution in [0.5, 0.6) is 5.75 Å². The maximum atomic E-state index is 12.6. The van der Waals surface area contributed by atoms with Crippen molar-refractivity contribution in [3.63, 3.8) is 0 Å². The summed E-state index contributed by atoms with van der Waals surface area (Å²) in [6.07, 6.45) is 3.77. The summed E-state index contributed by atoms with van der Waals surface area (Å²) in [5, 5.41) is 8.42. The molecule has 0 bridgehead atoms. The van der Waals surface area contributed by atoms with Crippen molar-refractivity contribution >= 4 is 35.1 Å². The molecule has 34 heavy (non-hydrogen) atoms. The lowest BCUT2D eigenvalue weighted by Gasteiger charge is -2.19. The van der Waals surface area contributed by atoms with Crippen LogP contribution in [0.15, 0.2) is 48.5 Å². The van der Waals surface area contributed by atoms with Crippen molar-refractivity contribution in [2.75, 3.05) is 24.3 Å². The molecule has 4 rings (SSSR count). The first-order chi connectivity index (χ1) is 16.4. The molecule has 1 saturated heterocycles. The van der Waals surface area contributed by atoms with Gasteiger partial charge in [-0.25, -0.2) is 4.79 Å². The number of urea groups is 1. The van der Waals surface area contributed by atoms with Crippen LogP contribution in [0.25, 0.3) is 0 Å². The highest BCUT2D eigenvalue weighted by Gasteiger charge is 2.52. The normalized spacial score (nSPS) is 16.4. The molecule has 2 aromatic carbocycles. The molecule has 9 heteroatoms. The number of carbonyl (C=O) groups excluding carboxylic acids is 4. The van der Waals surface area contributed by atoms with Crippen molar-refractivity contribution in [2.45, 2.75) is 44.1 Å². The number of imide groups is 1. The Morgan fingerprint density at radius 3 is 2.44 bits per heavy atom. The average Bonchev–Trinajstić information content (AvgIpc) is 3.40. The number of ether oxygens (including phenoxy) is 1. The zero-order chi connectivity index (χ0) is 24.1. The molecule has 178 valence electrons. The smallest absolute Gasteiger partial charge is 0.325 e. The first kappa shape index (κ1) is 23.3. The van der Waals surface area contributed by atoms with Gasteiger partial charge in [0.15, 0.2) is 0 Å². The summed E-state index contributed by atoms with van der Waals surface area (Å²) >= 11 is 0. The van der Waals surface area contributed by atoms with Gasteiger partial charge in [-0.1, -0.05) is 25.0 Å². The van der Waals surface area contributed by atoms with Crippen molar-refractivity contribution in [2.24, 2.45) is 0 Å². The molecule has 0 unspecified atom stereocenters. The van der Waals surface area contributed by atoms with Gasteiger partial charge in [0, 0.05) is 24.2 Å². The SMILES string of the molecule is COc1ccccc1NC(=O)c1ccc(NC(=O)CCCN2C(=O)NC3(CCCC3)C2=O)cc1. The van der Waals surface area contributed by atoms with E-state index in [1.807, 2.05) is 6.07 Å². The summed E-state index contributed by atoms with van der Waals surface area (Å²) in [4.78, 5) is 50.9. The second kappa shape index (κ2) is 9.94. The Hall–Kier alpha value is -3.88. The van der Waals surface area contributed by atoms with E-state index in [-0.39, 0.29) is 36.7 Å². The Bertz CT molecular complexity index is 1090. The largest absolute Gasteiger partial charge is 0.495 e. The summed E-state index contributed by atoms with van der Waals surface area (Å²) in [5.41, 5.74) is 0.831. The summed E-state index contributed by atoms with van der Waals surface area (Å²) in [5.74, 6) is -0.131. The molecule has 2 aliphatic rings. The number of nitrogens with one attached hydrogen (secondary N) is 3. The highest BCUT2D eigenvalue weighted by atomic mass is 16.5. The lowest BCUT2D eigenvalue weighted by molar-refractivity contribution is -0.131. The quantitative estimate of drug-likeness (QED) is 0.517. The molecule has 1 aliphatic carbocycles. The topological polar surface area (TPSA) is 117 Å². The highest BCUT2D eigenvalue weighted by molar-refractivity contribution is 6.07. The number of anilines is 2. The molecule has 0 aromatic heterocycles. The number of hydrogen-bond donors (Lipinski definition) is 3. The number of rotatable bonds is 8. The third-order valence-electron chi connectivity index (χ3n) is 6.27. The molecule has 0 radical (unpaired) electrons. The number of methoxy groups -OCH3 is 1. The lowest BCUT2D eigenvalue weighted by atomic mass is 9.98. The predicted octanol–water partition coefficient (Wildman–Crippen LogP) is 3.53. The Labute approximate surface area is 197 Å². The zero-order valence-corrected chi connectivity index (χ0v) is 19.1. The van der Waals surface area contributed by atoms with Crippen LogP contribution in [0.2, 0.25) is 0 Å². The van der Waals surface area contributed by atoms with E-state index in [0.29, 0.717) is 42.0 Å². The molecule has 1 aliphatic heterocycles. The molecule has 9 nitrogen and oxygen atoms in total. The van der Waals surface area contributed by atoms with Crippen molar-refractivity contribution in [1.29, 1.82) is 0 Å². The average molecular weight is 465 g/mol. The van der Waals surface area contributed by atoms with Crippen molar-refractivity contribution in [3.05, 3.63) is 54.1 Å². The Kier molecular flexibility index (Phi) is 6.81. The molecule has 5 amide bonds. The number of benzene rings is 2. The molecule has 0 atom stereocenters. The number of carbonyl (C=O) groups is 4. The van der Waals surface area contributed by atoms with E-state index >= 15 is 0 Å². The molecular weight excluding hydrogens is 436 g/mol. The summed E-state index contributed by atoms with van der Waals surface area (Å²) < 4.78 is 5.24. The highest BCUT2D eigenvalue weighted by Crippen LogP contribution is 2.35. The fraction of sp³-hybridized carbons (Fsp3) is 0.360. The van der Waals surface area contributed by atoms with E-state index in [9.17, 15) is 19.2 Å². The molecule has 1 heterocycles. The van der Waals surface area contributed by atoms with Crippen LogP contribution >= 0.6 is 0 Å². The van der Waals surface area contributed by atoms with Gasteiger partial charge in [-0.05, 0) is 55.7 Å². The minimum Gasteiger partial charge on any atom is -0.495 e. The van der Waals surface area contributed by atoms with Gasteiger partial charge in [0.05, 0.1) is 12.8 Å². The van der Waals surface area contributed by atoms with E-state index in [0.717, 1.165) is 12.8 Å². The van der Waals surface area contributed by atoms with Crippen LogP contribution in [-0.4, -0.2) is 47.8 Å². The zero-order valence-electron chi connectivity index (χ0n) is 19.1. The first-order valence-corrected chi connectivity index (χ1v) is 11.4. The maximum Gasteiger partial charge on any atom is 0.325 e. The van der Waals surface area contributed by atoms with Gasteiger partial charge in [-0.2, -0.15) is 0 Å². The van der Waals surface area contributed by atoms with E-state index < -0.39 is 5.54 Å². The maximum absolute atomic E-state index is 12.6. The van der Waals surface area contributed by atoms with Crippen LogP contribution in [0.4, 0.5) is 16.2 Å². The fourth-order valence-corrected chi connectivity index (χ4v) is 4.47. The number of nitrogens with zero attached hydrogens (tertiary/aromatic N) is 1. The van der Waals surface area contributed by atoms with Crippen LogP contribution < -0.4 is 20.7 Å². The standard InChI is InChI=1S/C25H28N4O5/c1-34-20-8-3-2-7-19(20)27-22(31)17-10-12-18(13-11-17)26-21(30)9-6-16-29-23(32)25(28-24(29)33)14-4-5-15-25/h2-3,7-8,10-13H,4-6,9,14-16H2,1H3,(H,26,30)(H,27,31)(H,28,33). The van der Waals surface area contributed by atoms with Gasteiger partial charge in [0.25, 0.3) is 11.8 Å². The van der Waals surface area contributed by atoms with Gasteiger partial charge in [-0.15, -0.1) is 0 Å². The number of hydrogen-bond acceptors (Lipinski definition) is 5. The minimum atomic E-state index is -0.723. The summed E-state index contributed by atoms with van der Waals surface area (Å²) in [6, 6.07) is 13.3. The third kappa shape index (κ3) is 4.88. The Balaban J connectivity index is 1.25. The first-order valence-electron chi connectivity index (χ1n) is 11.4. The van der Waals surface area contributed by atoms with Crippen LogP contribution in [0.3, 0.4) is 0 Å². The van der Waals surface area contributed by atoms with E-state index in [2.05, 4.69) is 16.0 Å². The minimum absolute atomic E-state index is 0.167. The number of para-hydroxylation sites is 2. The van der Waals surface area contributed by atoms with Gasteiger partial charge in [0.2, 0.25) is 5.91 Å². The molecule has 1 saturated carbocycles. The molecular formula is C25H28N4O5. The number of amides is 5. The predicted molar refractivity (Wildman–Crippen MR) is 127 cm³/mol. The molecule has 1 spiro atoms. The third-order valence-corrected chi connectivity index (χ3v) is 6.27. The summed E-state index contributed by atoms with van der Waals surface area (Å²) in [6.45, 7) is 0.210. The van der Waals surface area contributed by atoms with Gasteiger partial charge >= 0.3 is 6.03 Å². The second-order valence-electron chi connectivity index (χ2n) is 8.56. The van der Waals surface area contributed by atoms with Crippen LogP contribution in [-0.2, 0) is 9.59 Å². The van der Waals surface area contributed by atoms with Gasteiger partial charge in [0.1, 0.15) is 11.3 Å².